The van der Waals surface area contributed by atoms with Crippen molar-refractivity contribution in [1.29, 1.82) is 0 Å². The lowest BCUT2D eigenvalue weighted by molar-refractivity contribution is -0.459. The van der Waals surface area contributed by atoms with E-state index in [1.54, 1.807) is 48.2 Å². The van der Waals surface area contributed by atoms with Crippen LogP contribution in [0.4, 0.5) is 0 Å². The van der Waals surface area contributed by atoms with Crippen molar-refractivity contribution in [2.24, 2.45) is 17.8 Å². The third kappa shape index (κ3) is 13.0. The normalized spacial score (nSPS) is 38.8. The number of hydrogen-bond acceptors (Lipinski definition) is 17. The number of methoxy groups -OCH3 is 7. The van der Waals surface area contributed by atoms with Gasteiger partial charge in [0.05, 0.1) is 58.0 Å². The quantitative estimate of drug-likeness (QED) is 0.123. The molecule has 2 heterocycles. The Morgan fingerprint density at radius 3 is 1.49 bits per heavy atom. The molecule has 0 radical (unpaired) electrons. The van der Waals surface area contributed by atoms with Gasteiger partial charge in [0.2, 0.25) is 23.1 Å². The molecule has 2 saturated heterocycles. The molecule has 65 heavy (non-hydrogen) atoms. The summed E-state index contributed by atoms with van der Waals surface area (Å²) in [6.07, 6.45) is 10.5. The summed E-state index contributed by atoms with van der Waals surface area (Å²) in [6, 6.07) is 0. The molecule has 0 aromatic heterocycles. The number of unbranched alkanes of at least 4 members (excludes halogenated alkanes) is 3. The fraction of sp³-hybridized carbons (Fsp3) is 0.854. The highest BCUT2D eigenvalue weighted by Gasteiger charge is 2.62. The van der Waals surface area contributed by atoms with Crippen molar-refractivity contribution in [3.05, 3.63) is 23.3 Å². The van der Waals surface area contributed by atoms with Crippen molar-refractivity contribution < 1.29 is 81.8 Å². The molecule has 0 aromatic carbocycles. The van der Waals surface area contributed by atoms with E-state index < -0.39 is 59.0 Å². The predicted molar refractivity (Wildman–Crippen MR) is 238 cm³/mol. The Labute approximate surface area is 387 Å². The number of carbonyl (C=O) groups excluding carboxylic acids is 3. The molecule has 17 heteroatoms. The van der Waals surface area contributed by atoms with Crippen molar-refractivity contribution in [3.63, 3.8) is 0 Å². The van der Waals surface area contributed by atoms with Gasteiger partial charge in [0, 0.05) is 70.7 Å². The van der Waals surface area contributed by atoms with Crippen LogP contribution in [-0.4, -0.2) is 148 Å². The fourth-order valence-corrected chi connectivity index (χ4v) is 9.52. The van der Waals surface area contributed by atoms with Gasteiger partial charge in [-0.1, -0.05) is 71.4 Å². The zero-order chi connectivity index (χ0) is 49.0. The Kier molecular flexibility index (Phi) is 21.5. The molecular weight excluding hydrogens is 849 g/mol. The van der Waals surface area contributed by atoms with Crippen LogP contribution in [0.5, 0.6) is 0 Å². The van der Waals surface area contributed by atoms with Crippen LogP contribution >= 0.6 is 0 Å². The van der Waals surface area contributed by atoms with Crippen LogP contribution in [0.25, 0.3) is 0 Å². The lowest BCUT2D eigenvalue weighted by Gasteiger charge is -2.56. The van der Waals surface area contributed by atoms with Gasteiger partial charge in [-0.05, 0) is 59.3 Å². The van der Waals surface area contributed by atoms with Gasteiger partial charge in [0.1, 0.15) is 0 Å². The van der Waals surface area contributed by atoms with Gasteiger partial charge in [0.15, 0.2) is 5.60 Å². The second-order valence-corrected chi connectivity index (χ2v) is 18.4. The molecule has 376 valence electrons. The number of aliphatic hydroxyl groups excluding tert-OH is 2. The van der Waals surface area contributed by atoms with Gasteiger partial charge in [0.25, 0.3) is 0 Å². The standard InChI is InChI=1S/C18H32O7.C18H30O6.C12H20O4/c1-7-8-9-12-10-18(20,15(19)21-4)11-13-14(12)25-17(3,23-6)16(2,22-5)24-13;1-7-8-9-12-10-13(16(19)20-4)11-14-15(12)24-18(3,22-6)17(2,21-5)23-14;1-3-4-5-8-6-9(12(15)16-2)7-10(13)11(8)14/h12-14,20H,7-11H2,1-6H3;10,12,14-15H,7-9,11H2,1-6H3;6,8,10-11,13-14H,3-5,7H2,1-2H3/t12-,13-,14-,16?,17?,18+;12-,14-,15-,17?,18?;8-,10-,11-/m111/s1. The first-order valence-electron chi connectivity index (χ1n) is 23.3. The second-order valence-electron chi connectivity index (χ2n) is 18.4. The summed E-state index contributed by atoms with van der Waals surface area (Å²) in [7, 11) is 10.2. The zero-order valence-electron chi connectivity index (χ0n) is 41.6. The topological polar surface area (TPSA) is 213 Å². The van der Waals surface area contributed by atoms with Crippen molar-refractivity contribution in [2.75, 3.05) is 49.8 Å². The first-order chi connectivity index (χ1) is 30.6. The molecule has 5 aliphatic rings. The van der Waals surface area contributed by atoms with E-state index in [2.05, 4.69) is 25.5 Å². The highest BCUT2D eigenvalue weighted by molar-refractivity contribution is 5.89. The van der Waals surface area contributed by atoms with Crippen molar-refractivity contribution in [1.82, 2.24) is 0 Å². The molecule has 0 amide bonds. The van der Waals surface area contributed by atoms with E-state index in [-0.39, 0.29) is 61.3 Å². The zero-order valence-corrected chi connectivity index (χ0v) is 41.6. The Balaban J connectivity index is 0.000000266. The second kappa shape index (κ2) is 24.6. The van der Waals surface area contributed by atoms with E-state index >= 15 is 0 Å². The molecule has 0 spiro atoms. The van der Waals surface area contributed by atoms with Crippen LogP contribution < -0.4 is 0 Å². The summed E-state index contributed by atoms with van der Waals surface area (Å²) in [6.45, 7) is 13.4. The summed E-state index contributed by atoms with van der Waals surface area (Å²) in [4.78, 5) is 35.6. The molecular formula is C48H82O17. The molecule has 5 rings (SSSR count). The van der Waals surface area contributed by atoms with Crippen LogP contribution in [0.1, 0.15) is 132 Å². The van der Waals surface area contributed by atoms with E-state index in [0.717, 1.165) is 57.8 Å². The van der Waals surface area contributed by atoms with Crippen LogP contribution in [-0.2, 0) is 66.5 Å². The SMILES string of the molecule is CCCC[C@@H]1C=C(C(=O)OC)C[C@@H](O)[C@@H]1O.CCCC[C@@H]1C=C(C(=O)OC)C[C@H]2OC(C)(OC)C(C)(OC)O[C@H]12.CCCC[C@@H]1C[C@@](O)(C(=O)OC)C[C@H]2OC(C)(OC)C(C)(OC)O[C@H]12. The molecule has 14 atom stereocenters. The monoisotopic (exact) mass is 931 g/mol. The van der Waals surface area contributed by atoms with Crippen LogP contribution in [0.3, 0.4) is 0 Å². The Bertz CT molecular complexity index is 1600. The van der Waals surface area contributed by atoms with E-state index in [9.17, 15) is 29.7 Å². The molecule has 3 fully saturated rings. The van der Waals surface area contributed by atoms with Gasteiger partial charge < -0.3 is 67.4 Å². The Morgan fingerprint density at radius 2 is 1.02 bits per heavy atom. The summed E-state index contributed by atoms with van der Waals surface area (Å²) >= 11 is 0. The van der Waals surface area contributed by atoms with Crippen molar-refractivity contribution in [2.45, 2.75) is 197 Å². The summed E-state index contributed by atoms with van der Waals surface area (Å²) in [5.41, 5.74) is -0.461. The summed E-state index contributed by atoms with van der Waals surface area (Å²) in [5, 5.41) is 30.3. The number of esters is 3. The van der Waals surface area contributed by atoms with Gasteiger partial charge in [-0.25, -0.2) is 14.4 Å². The summed E-state index contributed by atoms with van der Waals surface area (Å²) < 4.78 is 61.7. The largest absolute Gasteiger partial charge is 0.467 e. The van der Waals surface area contributed by atoms with E-state index in [1.807, 2.05) is 13.0 Å². The highest BCUT2D eigenvalue weighted by atomic mass is 16.8. The average molecular weight is 931 g/mol. The van der Waals surface area contributed by atoms with Gasteiger partial charge in [-0.15, -0.1) is 0 Å². The first-order valence-corrected chi connectivity index (χ1v) is 23.3. The number of ether oxygens (including phenoxy) is 11. The molecule has 1 saturated carbocycles. The van der Waals surface area contributed by atoms with Crippen molar-refractivity contribution >= 4 is 17.9 Å². The molecule has 3 aliphatic carbocycles. The lowest BCUT2D eigenvalue weighted by Crippen LogP contribution is -2.69. The molecule has 0 aromatic rings. The first kappa shape index (κ1) is 56.8. The molecule has 3 N–H and O–H groups in total. The van der Waals surface area contributed by atoms with Crippen molar-refractivity contribution in [3.8, 4) is 0 Å². The maximum absolute atomic E-state index is 12.2. The number of aliphatic hydroxyl groups is 3. The average Bonchev–Trinajstić information content (AvgIpc) is 3.30. The Hall–Kier alpha value is -2.55. The maximum atomic E-state index is 12.2. The minimum absolute atomic E-state index is 0.0429. The van der Waals surface area contributed by atoms with Gasteiger partial charge >= 0.3 is 17.9 Å². The molecule has 0 bridgehead atoms. The van der Waals surface area contributed by atoms with Gasteiger partial charge in [-0.3, -0.25) is 0 Å². The molecule has 2 aliphatic heterocycles. The van der Waals surface area contributed by atoms with Gasteiger partial charge in [-0.2, -0.15) is 0 Å². The lowest BCUT2D eigenvalue weighted by atomic mass is 9.72. The Morgan fingerprint density at radius 1 is 0.585 bits per heavy atom. The van der Waals surface area contributed by atoms with Crippen LogP contribution in [0, 0.1) is 17.8 Å². The minimum Gasteiger partial charge on any atom is -0.467 e. The highest BCUT2D eigenvalue weighted by Crippen LogP contribution is 2.49. The molecule has 17 nitrogen and oxygen atoms in total. The fourth-order valence-electron chi connectivity index (χ4n) is 9.52. The number of fused-ring (bicyclic) bond motifs is 2. The van der Waals surface area contributed by atoms with Crippen LogP contribution in [0.2, 0.25) is 0 Å². The smallest absolute Gasteiger partial charge is 0.337 e. The molecule has 4 unspecified atom stereocenters. The number of hydrogen-bond donors (Lipinski definition) is 3. The van der Waals surface area contributed by atoms with E-state index in [4.69, 9.17) is 47.4 Å². The van der Waals surface area contributed by atoms with E-state index in [1.165, 1.54) is 28.4 Å². The third-order valence-corrected chi connectivity index (χ3v) is 14.1. The van der Waals surface area contributed by atoms with E-state index in [0.29, 0.717) is 17.6 Å². The summed E-state index contributed by atoms with van der Waals surface area (Å²) in [5.74, 6) is -5.79. The maximum Gasteiger partial charge on any atom is 0.337 e. The predicted octanol–water partition coefficient (Wildman–Crippen LogP) is 5.82. The number of carbonyl (C=O) groups is 3. The minimum atomic E-state index is -1.58. The third-order valence-electron chi connectivity index (χ3n) is 14.1. The van der Waals surface area contributed by atoms with Crippen LogP contribution in [0.15, 0.2) is 23.3 Å². The number of rotatable bonds is 16.